The van der Waals surface area contributed by atoms with Gasteiger partial charge >= 0.3 is 0 Å². The van der Waals surface area contributed by atoms with Gasteiger partial charge < -0.3 is 5.32 Å². The van der Waals surface area contributed by atoms with E-state index in [0.29, 0.717) is 0 Å². The van der Waals surface area contributed by atoms with Crippen LogP contribution in [0.25, 0.3) is 0 Å². The fourth-order valence-corrected chi connectivity index (χ4v) is 2.75. The first-order valence-electron chi connectivity index (χ1n) is 6.25. The van der Waals surface area contributed by atoms with E-state index in [2.05, 4.69) is 42.6 Å². The number of benzene rings is 1. The molecule has 0 aromatic heterocycles. The van der Waals surface area contributed by atoms with Crippen LogP contribution in [0.4, 0.5) is 0 Å². The third-order valence-electron chi connectivity index (χ3n) is 3.18. The molecule has 1 aliphatic carbocycles. The first kappa shape index (κ1) is 12.0. The molecule has 0 radical (unpaired) electrons. The van der Waals surface area contributed by atoms with Gasteiger partial charge in [-0.15, -0.1) is 11.8 Å². The quantitative estimate of drug-likeness (QED) is 0.574. The smallest absolute Gasteiger partial charge is 0.0106 e. The van der Waals surface area contributed by atoms with Crippen LogP contribution in [0.5, 0.6) is 0 Å². The summed E-state index contributed by atoms with van der Waals surface area (Å²) in [4.78, 5) is 1.37. The molecule has 1 aromatic rings. The number of nitrogens with one attached hydrogen (secondary N) is 1. The Morgan fingerprint density at radius 2 is 2.06 bits per heavy atom. The second-order valence-electron chi connectivity index (χ2n) is 4.68. The van der Waals surface area contributed by atoms with Gasteiger partial charge in [-0.3, -0.25) is 0 Å². The molecule has 1 unspecified atom stereocenters. The van der Waals surface area contributed by atoms with Crippen molar-refractivity contribution < 1.29 is 0 Å². The van der Waals surface area contributed by atoms with Crippen molar-refractivity contribution in [1.29, 1.82) is 0 Å². The molecule has 2 heteroatoms. The number of rotatable bonds is 7. The summed E-state index contributed by atoms with van der Waals surface area (Å²) in [6.45, 7) is 4.69. The molecular formula is C14H21NS. The first-order valence-corrected chi connectivity index (χ1v) is 7.23. The monoisotopic (exact) mass is 235 g/mol. The van der Waals surface area contributed by atoms with Crippen LogP contribution in [0, 0.1) is 11.8 Å². The summed E-state index contributed by atoms with van der Waals surface area (Å²) in [7, 11) is 0. The van der Waals surface area contributed by atoms with Crippen molar-refractivity contribution in [1.82, 2.24) is 5.32 Å². The number of thioether (sulfide) groups is 1. The second-order valence-corrected chi connectivity index (χ2v) is 5.85. The fraction of sp³-hybridized carbons (Fsp3) is 0.571. The molecule has 0 heterocycles. The van der Waals surface area contributed by atoms with E-state index in [1.54, 1.807) is 0 Å². The first-order chi connectivity index (χ1) is 7.86. The van der Waals surface area contributed by atoms with E-state index in [4.69, 9.17) is 0 Å². The Morgan fingerprint density at radius 1 is 1.31 bits per heavy atom. The van der Waals surface area contributed by atoms with Crippen LogP contribution in [-0.2, 0) is 0 Å². The van der Waals surface area contributed by atoms with Gasteiger partial charge in [0.15, 0.2) is 0 Å². The van der Waals surface area contributed by atoms with Gasteiger partial charge in [-0.2, -0.15) is 0 Å². The molecule has 2 rings (SSSR count). The van der Waals surface area contributed by atoms with Gasteiger partial charge in [0.25, 0.3) is 0 Å². The standard InChI is InChI=1S/C14H21NS/c1-12(13-7-8-13)11-15-9-10-16-14-5-3-2-4-6-14/h2-6,12-13,15H,7-11H2,1H3. The maximum absolute atomic E-state index is 3.56. The Hall–Kier alpha value is -0.470. The lowest BCUT2D eigenvalue weighted by Gasteiger charge is -2.10. The summed E-state index contributed by atoms with van der Waals surface area (Å²) < 4.78 is 0. The molecule has 1 aliphatic rings. The van der Waals surface area contributed by atoms with Gasteiger partial charge in [0.1, 0.15) is 0 Å². The van der Waals surface area contributed by atoms with Gasteiger partial charge in [-0.05, 0) is 43.4 Å². The zero-order valence-electron chi connectivity index (χ0n) is 9.99. The molecule has 1 aromatic carbocycles. The van der Waals surface area contributed by atoms with Crippen molar-refractivity contribution in [2.75, 3.05) is 18.8 Å². The second kappa shape index (κ2) is 6.31. The molecule has 0 aliphatic heterocycles. The normalized spacial score (nSPS) is 17.3. The van der Waals surface area contributed by atoms with Crippen molar-refractivity contribution in [2.24, 2.45) is 11.8 Å². The van der Waals surface area contributed by atoms with Crippen molar-refractivity contribution >= 4 is 11.8 Å². The summed E-state index contributed by atoms with van der Waals surface area (Å²) in [5.41, 5.74) is 0. The predicted molar refractivity (Wildman–Crippen MR) is 71.9 cm³/mol. The summed E-state index contributed by atoms with van der Waals surface area (Å²) in [5.74, 6) is 3.07. The molecule has 88 valence electrons. The average Bonchev–Trinajstić information content (AvgIpc) is 3.13. The van der Waals surface area contributed by atoms with E-state index in [0.717, 1.165) is 18.4 Å². The van der Waals surface area contributed by atoms with Crippen molar-refractivity contribution in [2.45, 2.75) is 24.7 Å². The Morgan fingerprint density at radius 3 is 2.75 bits per heavy atom. The average molecular weight is 235 g/mol. The lowest BCUT2D eigenvalue weighted by atomic mass is 10.1. The van der Waals surface area contributed by atoms with Crippen LogP contribution in [0.15, 0.2) is 35.2 Å². The van der Waals surface area contributed by atoms with E-state index in [-0.39, 0.29) is 0 Å². The van der Waals surface area contributed by atoms with Gasteiger partial charge in [0.2, 0.25) is 0 Å². The molecule has 0 amide bonds. The van der Waals surface area contributed by atoms with Crippen LogP contribution < -0.4 is 5.32 Å². The lowest BCUT2D eigenvalue weighted by Crippen LogP contribution is -2.24. The third-order valence-corrected chi connectivity index (χ3v) is 4.20. The zero-order chi connectivity index (χ0) is 11.2. The van der Waals surface area contributed by atoms with Crippen LogP contribution in [-0.4, -0.2) is 18.8 Å². The largest absolute Gasteiger partial charge is 0.316 e. The van der Waals surface area contributed by atoms with Crippen LogP contribution in [0.3, 0.4) is 0 Å². The third kappa shape index (κ3) is 4.18. The molecule has 0 spiro atoms. The fourth-order valence-electron chi connectivity index (χ4n) is 1.92. The van der Waals surface area contributed by atoms with Gasteiger partial charge in [0, 0.05) is 17.2 Å². The minimum Gasteiger partial charge on any atom is -0.316 e. The number of hydrogen-bond donors (Lipinski definition) is 1. The van der Waals surface area contributed by atoms with Crippen LogP contribution in [0.2, 0.25) is 0 Å². The maximum atomic E-state index is 3.56. The predicted octanol–water partition coefficient (Wildman–Crippen LogP) is 3.41. The summed E-state index contributed by atoms with van der Waals surface area (Å²) in [6, 6.07) is 10.6. The Balaban J connectivity index is 1.52. The minimum atomic E-state index is 0.877. The van der Waals surface area contributed by atoms with E-state index >= 15 is 0 Å². The summed E-state index contributed by atoms with van der Waals surface area (Å²) >= 11 is 1.93. The van der Waals surface area contributed by atoms with Crippen molar-refractivity contribution in [3.05, 3.63) is 30.3 Å². The molecule has 1 N–H and O–H groups in total. The highest BCUT2D eigenvalue weighted by molar-refractivity contribution is 7.99. The van der Waals surface area contributed by atoms with Gasteiger partial charge in [-0.1, -0.05) is 25.1 Å². The van der Waals surface area contributed by atoms with Gasteiger partial charge in [-0.25, -0.2) is 0 Å². The lowest BCUT2D eigenvalue weighted by molar-refractivity contribution is 0.470. The van der Waals surface area contributed by atoms with Crippen LogP contribution in [0.1, 0.15) is 19.8 Å². The van der Waals surface area contributed by atoms with E-state index in [1.165, 1.54) is 30.0 Å². The summed E-state index contributed by atoms with van der Waals surface area (Å²) in [5, 5.41) is 3.56. The Kier molecular flexibility index (Phi) is 4.73. The topological polar surface area (TPSA) is 12.0 Å². The molecule has 1 atom stereocenters. The molecule has 1 fully saturated rings. The summed E-state index contributed by atoms with van der Waals surface area (Å²) in [6.07, 6.45) is 2.92. The molecule has 0 bridgehead atoms. The van der Waals surface area contributed by atoms with Gasteiger partial charge in [0.05, 0.1) is 0 Å². The highest BCUT2D eigenvalue weighted by Gasteiger charge is 2.27. The molecule has 1 saturated carbocycles. The SMILES string of the molecule is CC(CNCCSc1ccccc1)C1CC1. The van der Waals surface area contributed by atoms with E-state index in [9.17, 15) is 0 Å². The Labute approximate surface area is 103 Å². The molecule has 1 nitrogen and oxygen atoms in total. The molecular weight excluding hydrogens is 214 g/mol. The number of hydrogen-bond acceptors (Lipinski definition) is 2. The Bertz CT molecular complexity index is 295. The molecule has 16 heavy (non-hydrogen) atoms. The maximum Gasteiger partial charge on any atom is 0.0106 e. The van der Waals surface area contributed by atoms with Crippen molar-refractivity contribution in [3.63, 3.8) is 0 Å². The zero-order valence-corrected chi connectivity index (χ0v) is 10.8. The highest BCUT2D eigenvalue weighted by Crippen LogP contribution is 2.36. The molecule has 0 saturated heterocycles. The van der Waals surface area contributed by atoms with E-state index in [1.807, 2.05) is 11.8 Å². The highest BCUT2D eigenvalue weighted by atomic mass is 32.2. The van der Waals surface area contributed by atoms with E-state index < -0.39 is 0 Å². The van der Waals surface area contributed by atoms with Crippen molar-refractivity contribution in [3.8, 4) is 0 Å². The minimum absolute atomic E-state index is 0.877. The van der Waals surface area contributed by atoms with Crippen LogP contribution >= 0.6 is 11.8 Å².